The fourth-order valence-corrected chi connectivity index (χ4v) is 5.22. The van der Waals surface area contributed by atoms with Gasteiger partial charge in [-0.3, -0.25) is 9.52 Å². The fourth-order valence-electron chi connectivity index (χ4n) is 3.73. The van der Waals surface area contributed by atoms with Crippen LogP contribution in [0.15, 0.2) is 41.3 Å². The molecule has 0 aromatic heterocycles. The molecule has 0 bridgehead atoms. The Kier molecular flexibility index (Phi) is 7.70. The number of piperidine rings is 1. The third kappa shape index (κ3) is 5.69. The van der Waals surface area contributed by atoms with E-state index in [1.165, 1.54) is 37.4 Å². The highest BCUT2D eigenvalue weighted by Gasteiger charge is 2.28. The number of rotatable bonds is 8. The van der Waals surface area contributed by atoms with Crippen molar-refractivity contribution in [3.05, 3.63) is 47.0 Å². The second-order valence-electron chi connectivity index (χ2n) is 7.45. The minimum atomic E-state index is -4.10. The summed E-state index contributed by atoms with van der Waals surface area (Å²) < 4.78 is 38.4. The van der Waals surface area contributed by atoms with Crippen molar-refractivity contribution in [1.82, 2.24) is 0 Å². The highest BCUT2D eigenvalue weighted by atomic mass is 35.5. The molecule has 11 heteroatoms. The molecule has 1 aliphatic heterocycles. The molecule has 0 saturated carbocycles. The number of halogens is 1. The van der Waals surface area contributed by atoms with Gasteiger partial charge in [-0.15, -0.1) is 0 Å². The van der Waals surface area contributed by atoms with Gasteiger partial charge in [0.25, 0.3) is 10.0 Å². The molecule has 3 rings (SSSR count). The average molecular weight is 497 g/mol. The summed E-state index contributed by atoms with van der Waals surface area (Å²) in [5.74, 6) is -1.55. The van der Waals surface area contributed by atoms with Crippen molar-refractivity contribution < 1.29 is 32.6 Å². The van der Waals surface area contributed by atoms with E-state index in [4.69, 9.17) is 21.1 Å². The van der Waals surface area contributed by atoms with Crippen molar-refractivity contribution in [2.75, 3.05) is 36.4 Å². The lowest BCUT2D eigenvalue weighted by Gasteiger charge is -2.33. The van der Waals surface area contributed by atoms with Crippen LogP contribution in [0.2, 0.25) is 5.02 Å². The fraction of sp³-hybridized carbons (Fsp3) is 0.364. The van der Waals surface area contributed by atoms with E-state index in [9.17, 15) is 23.1 Å². The van der Waals surface area contributed by atoms with Gasteiger partial charge < -0.3 is 19.5 Å². The molecule has 9 nitrogen and oxygen atoms in total. The maximum Gasteiger partial charge on any atom is 0.337 e. The molecular formula is C22H25ClN2O7S. The van der Waals surface area contributed by atoms with E-state index in [2.05, 4.69) is 4.72 Å². The van der Waals surface area contributed by atoms with Gasteiger partial charge in [0.1, 0.15) is 10.6 Å². The first-order chi connectivity index (χ1) is 15.7. The molecule has 1 saturated heterocycles. The summed E-state index contributed by atoms with van der Waals surface area (Å²) in [5.41, 5.74) is 0.482. The number of carboxylic acids is 1. The zero-order valence-electron chi connectivity index (χ0n) is 18.2. The van der Waals surface area contributed by atoms with Crippen molar-refractivity contribution in [1.29, 1.82) is 0 Å². The molecule has 2 N–H and O–H groups in total. The molecule has 1 heterocycles. The zero-order chi connectivity index (χ0) is 24.2. The number of aromatic carboxylic acids is 1. The smallest absolute Gasteiger partial charge is 0.337 e. The molecule has 33 heavy (non-hydrogen) atoms. The molecule has 0 radical (unpaired) electrons. The number of benzene rings is 2. The Bertz CT molecular complexity index is 1150. The number of sulfonamides is 1. The number of methoxy groups -OCH3 is 1. The van der Waals surface area contributed by atoms with E-state index in [0.717, 1.165) is 0 Å². The van der Waals surface area contributed by atoms with Crippen LogP contribution in [0.1, 0.15) is 30.1 Å². The first-order valence-corrected chi connectivity index (χ1v) is 12.2. The number of ether oxygens (including phenoxy) is 2. The Labute approximate surface area is 197 Å². The predicted molar refractivity (Wildman–Crippen MR) is 124 cm³/mol. The lowest BCUT2D eigenvalue weighted by molar-refractivity contribution is -0.148. The molecule has 0 spiro atoms. The third-order valence-electron chi connectivity index (χ3n) is 5.35. The number of carbonyl (C=O) groups excluding carboxylic acids is 1. The van der Waals surface area contributed by atoms with Crippen LogP contribution in [0.5, 0.6) is 5.75 Å². The van der Waals surface area contributed by atoms with Crippen LogP contribution in [0.25, 0.3) is 0 Å². The number of hydrogen-bond donors (Lipinski definition) is 2. The molecule has 1 fully saturated rings. The van der Waals surface area contributed by atoms with E-state index >= 15 is 0 Å². The topological polar surface area (TPSA) is 122 Å². The van der Waals surface area contributed by atoms with Crippen LogP contribution >= 0.6 is 11.6 Å². The van der Waals surface area contributed by atoms with Gasteiger partial charge in [0, 0.05) is 23.8 Å². The van der Waals surface area contributed by atoms with Crippen molar-refractivity contribution >= 4 is 44.9 Å². The van der Waals surface area contributed by atoms with Crippen molar-refractivity contribution in [3.8, 4) is 5.75 Å². The van der Waals surface area contributed by atoms with Crippen LogP contribution in [-0.2, 0) is 19.6 Å². The number of nitrogens with zero attached hydrogens (tertiary/aromatic N) is 1. The van der Waals surface area contributed by atoms with Gasteiger partial charge in [0.2, 0.25) is 0 Å². The van der Waals surface area contributed by atoms with Gasteiger partial charge >= 0.3 is 11.9 Å². The van der Waals surface area contributed by atoms with E-state index in [-0.39, 0.29) is 38.8 Å². The summed E-state index contributed by atoms with van der Waals surface area (Å²) in [7, 11) is -2.76. The van der Waals surface area contributed by atoms with Crippen LogP contribution in [-0.4, -0.2) is 52.3 Å². The van der Waals surface area contributed by atoms with Crippen molar-refractivity contribution in [3.63, 3.8) is 0 Å². The molecule has 0 atom stereocenters. The summed E-state index contributed by atoms with van der Waals surface area (Å²) in [5, 5.41) is 9.96. The largest absolute Gasteiger partial charge is 0.495 e. The van der Waals surface area contributed by atoms with Gasteiger partial charge in [0.15, 0.2) is 0 Å². The van der Waals surface area contributed by atoms with Crippen LogP contribution in [0.4, 0.5) is 11.4 Å². The minimum absolute atomic E-state index is 0.0529. The van der Waals surface area contributed by atoms with Gasteiger partial charge in [-0.05, 0) is 56.2 Å². The Morgan fingerprint density at radius 1 is 1.18 bits per heavy atom. The molecule has 0 aliphatic carbocycles. The van der Waals surface area contributed by atoms with Gasteiger partial charge in [-0.1, -0.05) is 11.6 Å². The molecule has 2 aromatic rings. The summed E-state index contributed by atoms with van der Waals surface area (Å²) in [6, 6.07) is 8.51. The quantitative estimate of drug-likeness (QED) is 0.531. The Balaban J connectivity index is 1.83. The highest BCUT2D eigenvalue weighted by Crippen LogP contribution is 2.32. The van der Waals surface area contributed by atoms with Crippen LogP contribution < -0.4 is 14.4 Å². The normalized spacial score (nSPS) is 14.6. The van der Waals surface area contributed by atoms with E-state index < -0.39 is 16.0 Å². The third-order valence-corrected chi connectivity index (χ3v) is 6.99. The van der Waals surface area contributed by atoms with Gasteiger partial charge in [-0.25, -0.2) is 13.2 Å². The number of anilines is 2. The maximum absolute atomic E-state index is 12.9. The zero-order valence-corrected chi connectivity index (χ0v) is 19.8. The number of hydrogen-bond acceptors (Lipinski definition) is 7. The minimum Gasteiger partial charge on any atom is -0.495 e. The number of esters is 1. The van der Waals surface area contributed by atoms with Crippen LogP contribution in [0, 0.1) is 5.92 Å². The van der Waals surface area contributed by atoms with Crippen LogP contribution in [0.3, 0.4) is 0 Å². The molecule has 178 valence electrons. The average Bonchev–Trinajstić information content (AvgIpc) is 2.79. The number of carbonyl (C=O) groups is 2. The molecular weight excluding hydrogens is 472 g/mol. The standard InChI is InChI=1S/C22H25ClN2O7S/c1-3-32-22(28)14-8-10-25(11-9-14)18-6-5-16(13-17(18)21(26)27)24-33(29,30)20-12-15(23)4-7-19(20)31-2/h4-7,12-14,24H,3,8-11H2,1-2H3,(H,26,27). The number of nitrogens with one attached hydrogen (secondary N) is 1. The summed E-state index contributed by atoms with van der Waals surface area (Å²) >= 11 is 5.94. The lowest BCUT2D eigenvalue weighted by atomic mass is 9.96. The first-order valence-electron chi connectivity index (χ1n) is 10.3. The second-order valence-corrected chi connectivity index (χ2v) is 9.54. The second kappa shape index (κ2) is 10.3. The van der Waals surface area contributed by atoms with Gasteiger partial charge in [0.05, 0.1) is 30.9 Å². The summed E-state index contributed by atoms with van der Waals surface area (Å²) in [6.07, 6.45) is 1.08. The number of carboxylic acid groups (broad SMARTS) is 1. The molecule has 1 aliphatic rings. The summed E-state index contributed by atoms with van der Waals surface area (Å²) in [4.78, 5) is 25.6. The predicted octanol–water partition coefficient (Wildman–Crippen LogP) is 3.63. The lowest BCUT2D eigenvalue weighted by Crippen LogP contribution is -2.37. The van der Waals surface area contributed by atoms with E-state index in [0.29, 0.717) is 38.2 Å². The van der Waals surface area contributed by atoms with Crippen molar-refractivity contribution in [2.45, 2.75) is 24.7 Å². The highest BCUT2D eigenvalue weighted by molar-refractivity contribution is 7.92. The first kappa shape index (κ1) is 24.7. The van der Waals surface area contributed by atoms with E-state index in [1.54, 1.807) is 13.0 Å². The maximum atomic E-state index is 12.9. The van der Waals surface area contributed by atoms with Crippen molar-refractivity contribution in [2.24, 2.45) is 5.92 Å². The van der Waals surface area contributed by atoms with Gasteiger partial charge in [-0.2, -0.15) is 0 Å². The van der Waals surface area contributed by atoms with E-state index in [1.807, 2.05) is 4.90 Å². The summed E-state index contributed by atoms with van der Waals surface area (Å²) in [6.45, 7) is 3.04. The Morgan fingerprint density at radius 2 is 1.88 bits per heavy atom. The molecule has 0 unspecified atom stereocenters. The molecule has 0 amide bonds. The molecule has 2 aromatic carbocycles. The Morgan fingerprint density at radius 3 is 2.48 bits per heavy atom. The SMILES string of the molecule is CCOC(=O)C1CCN(c2ccc(NS(=O)(=O)c3cc(Cl)ccc3OC)cc2C(=O)O)CC1. The Hall–Kier alpha value is -2.98. The monoisotopic (exact) mass is 496 g/mol.